The first-order valence-electron chi connectivity index (χ1n) is 9.37. The summed E-state index contributed by atoms with van der Waals surface area (Å²) in [5.41, 5.74) is 6.69. The van der Waals surface area contributed by atoms with E-state index in [-0.39, 0.29) is 11.7 Å². The second kappa shape index (κ2) is 10.5. The van der Waals surface area contributed by atoms with Crippen LogP contribution in [0.1, 0.15) is 49.4 Å². The van der Waals surface area contributed by atoms with Crippen LogP contribution < -0.4 is 11.1 Å². The van der Waals surface area contributed by atoms with E-state index < -0.39 is 12.0 Å². The number of nitrogens with zero attached hydrogens (tertiary/aromatic N) is 1. The molecule has 1 saturated carbocycles. The number of aromatic nitrogens is 1. The zero-order valence-corrected chi connectivity index (χ0v) is 15.9. The molecule has 3 rings (SSSR count). The molecular formula is C21H26FN3O3. The van der Waals surface area contributed by atoms with E-state index in [4.69, 9.17) is 10.8 Å². The van der Waals surface area contributed by atoms with Gasteiger partial charge in [-0.15, -0.1) is 0 Å². The minimum absolute atomic E-state index is 0.234. The number of carbonyl (C=O) groups is 2. The molecule has 0 bridgehead atoms. The molecular weight excluding hydrogens is 361 g/mol. The van der Waals surface area contributed by atoms with Gasteiger partial charge in [0.15, 0.2) is 0 Å². The minimum Gasteiger partial charge on any atom is -0.384 e. The van der Waals surface area contributed by atoms with E-state index in [1.807, 2.05) is 0 Å². The fraction of sp³-hybridized carbons (Fsp3) is 0.381. The summed E-state index contributed by atoms with van der Waals surface area (Å²) >= 11 is 0. The fourth-order valence-electron chi connectivity index (χ4n) is 2.93. The molecule has 7 heteroatoms. The van der Waals surface area contributed by atoms with Crippen LogP contribution in [0.25, 0.3) is 11.3 Å². The van der Waals surface area contributed by atoms with Gasteiger partial charge >= 0.3 is 0 Å². The first kappa shape index (κ1) is 21.5. The van der Waals surface area contributed by atoms with Crippen molar-refractivity contribution >= 4 is 11.8 Å². The van der Waals surface area contributed by atoms with E-state index in [9.17, 15) is 14.0 Å². The topological polar surface area (TPSA) is 105 Å². The average molecular weight is 387 g/mol. The van der Waals surface area contributed by atoms with E-state index in [0.717, 1.165) is 12.8 Å². The molecule has 0 saturated heterocycles. The van der Waals surface area contributed by atoms with Gasteiger partial charge in [0.25, 0.3) is 0 Å². The molecule has 6 nitrogen and oxygen atoms in total. The Hall–Kier alpha value is -2.80. The van der Waals surface area contributed by atoms with Gasteiger partial charge in [0.2, 0.25) is 11.8 Å². The van der Waals surface area contributed by atoms with Crippen molar-refractivity contribution in [2.75, 3.05) is 0 Å². The summed E-state index contributed by atoms with van der Waals surface area (Å²) in [6.45, 7) is 1.50. The highest BCUT2D eigenvalue weighted by Crippen LogP contribution is 2.18. The Bertz CT molecular complexity index is 788. The number of amides is 2. The summed E-state index contributed by atoms with van der Waals surface area (Å²) in [7, 11) is 0. The number of hydrogen-bond donors (Lipinski definition) is 3. The number of halogens is 1. The van der Waals surface area contributed by atoms with Crippen LogP contribution in [0.5, 0.6) is 0 Å². The lowest BCUT2D eigenvalue weighted by Gasteiger charge is -2.23. The lowest BCUT2D eigenvalue weighted by Crippen LogP contribution is -2.41. The first-order valence-corrected chi connectivity index (χ1v) is 9.37. The molecule has 1 aliphatic carbocycles. The van der Waals surface area contributed by atoms with Crippen LogP contribution in [0.4, 0.5) is 4.39 Å². The average Bonchev–Trinajstić information content (AvgIpc) is 2.69. The highest BCUT2D eigenvalue weighted by molar-refractivity contribution is 5.92. The first-order chi connectivity index (χ1) is 13.4. The predicted octanol–water partition coefficient (Wildman–Crippen LogP) is 2.80. The maximum absolute atomic E-state index is 13.0. The van der Waals surface area contributed by atoms with Gasteiger partial charge in [0.1, 0.15) is 11.9 Å². The van der Waals surface area contributed by atoms with Crippen molar-refractivity contribution in [2.24, 2.45) is 5.73 Å². The Labute approximate surface area is 164 Å². The number of carbonyl (C=O) groups excluding carboxylic acids is 2. The largest absolute Gasteiger partial charge is 0.384 e. The number of benzene rings is 1. The summed E-state index contributed by atoms with van der Waals surface area (Å²) in [5.74, 6) is -1.08. The highest BCUT2D eigenvalue weighted by atomic mass is 19.1. The zero-order valence-electron chi connectivity index (χ0n) is 15.9. The summed E-state index contributed by atoms with van der Waals surface area (Å²) in [6.07, 6.45) is 6.32. The molecule has 4 N–H and O–H groups in total. The molecule has 150 valence electrons. The molecule has 1 aromatic carbocycles. The Balaban J connectivity index is 0.000000209. The van der Waals surface area contributed by atoms with Gasteiger partial charge in [-0.05, 0) is 44.0 Å². The van der Waals surface area contributed by atoms with Gasteiger partial charge in [0.05, 0.1) is 11.3 Å². The molecule has 1 atom stereocenters. The van der Waals surface area contributed by atoms with Gasteiger partial charge in [-0.1, -0.05) is 31.4 Å². The van der Waals surface area contributed by atoms with E-state index in [2.05, 4.69) is 10.3 Å². The number of nitrogens with one attached hydrogen (secondary N) is 1. The number of nitrogens with two attached hydrogens (primary N) is 1. The zero-order chi connectivity index (χ0) is 20.5. The normalized spacial score (nSPS) is 15.1. The van der Waals surface area contributed by atoms with Crippen molar-refractivity contribution in [3.63, 3.8) is 0 Å². The van der Waals surface area contributed by atoms with Gasteiger partial charge in [-0.25, -0.2) is 4.39 Å². The third-order valence-corrected chi connectivity index (χ3v) is 4.50. The second-order valence-corrected chi connectivity index (χ2v) is 6.83. The third kappa shape index (κ3) is 6.74. The number of aliphatic hydroxyl groups is 1. The smallest absolute Gasteiger partial charge is 0.250 e. The summed E-state index contributed by atoms with van der Waals surface area (Å²) < 4.78 is 13.0. The number of hydrogen-bond acceptors (Lipinski definition) is 4. The molecule has 28 heavy (non-hydrogen) atoms. The molecule has 1 aromatic heterocycles. The van der Waals surface area contributed by atoms with E-state index in [1.54, 1.807) is 24.3 Å². The maximum atomic E-state index is 13.0. The highest BCUT2D eigenvalue weighted by Gasteiger charge is 2.17. The van der Waals surface area contributed by atoms with Gasteiger partial charge in [-0.2, -0.15) is 0 Å². The maximum Gasteiger partial charge on any atom is 0.250 e. The van der Waals surface area contributed by atoms with Crippen molar-refractivity contribution in [1.29, 1.82) is 0 Å². The number of aliphatic hydroxyl groups excluding tert-OH is 1. The molecule has 0 unspecified atom stereocenters. The Morgan fingerprint density at radius 1 is 1.21 bits per heavy atom. The molecule has 0 spiro atoms. The molecule has 1 heterocycles. The van der Waals surface area contributed by atoms with E-state index >= 15 is 0 Å². The summed E-state index contributed by atoms with van der Waals surface area (Å²) in [4.78, 5) is 25.9. The van der Waals surface area contributed by atoms with Gasteiger partial charge < -0.3 is 16.2 Å². The molecule has 2 amide bonds. The fourth-order valence-corrected chi connectivity index (χ4v) is 2.93. The van der Waals surface area contributed by atoms with Crippen LogP contribution in [0.2, 0.25) is 0 Å². The van der Waals surface area contributed by atoms with Crippen molar-refractivity contribution in [3.05, 3.63) is 54.0 Å². The van der Waals surface area contributed by atoms with Crippen LogP contribution >= 0.6 is 0 Å². The Morgan fingerprint density at radius 3 is 2.46 bits per heavy atom. The molecule has 2 aromatic rings. The lowest BCUT2D eigenvalue weighted by atomic mass is 9.95. The van der Waals surface area contributed by atoms with Crippen LogP contribution in [-0.4, -0.2) is 34.1 Å². The van der Waals surface area contributed by atoms with Crippen molar-refractivity contribution in [2.45, 2.75) is 51.2 Å². The van der Waals surface area contributed by atoms with Crippen LogP contribution in [0.15, 0.2) is 42.6 Å². The third-order valence-electron chi connectivity index (χ3n) is 4.50. The summed E-state index contributed by atoms with van der Waals surface area (Å²) in [5, 5.41) is 11.8. The minimum atomic E-state index is -0.869. The van der Waals surface area contributed by atoms with Crippen LogP contribution in [0, 0.1) is 5.82 Å². The standard InChI is InChI=1S/C12H9FN2O.C9H17NO2/c13-10-3-1-2-8(6-10)11-5-4-9(7-15-11)12(14)16;1-7(11)9(12)10-8-5-3-2-4-6-8/h1-7H,(H2,14,16);7-8,11H,2-6H2,1H3,(H,10,12)/t;7-/m.0/s1. The molecule has 1 fully saturated rings. The number of rotatable bonds is 4. The Morgan fingerprint density at radius 2 is 1.93 bits per heavy atom. The van der Waals surface area contributed by atoms with Gasteiger partial charge in [-0.3, -0.25) is 14.6 Å². The SMILES string of the molecule is C[C@H](O)C(=O)NC1CCCCC1.NC(=O)c1ccc(-c2cccc(F)c2)nc1. The monoisotopic (exact) mass is 387 g/mol. The van der Waals surface area contributed by atoms with Gasteiger partial charge in [0, 0.05) is 17.8 Å². The second-order valence-electron chi connectivity index (χ2n) is 6.83. The predicted molar refractivity (Wildman–Crippen MR) is 105 cm³/mol. The van der Waals surface area contributed by atoms with Crippen molar-refractivity contribution < 1.29 is 19.1 Å². The summed E-state index contributed by atoms with van der Waals surface area (Å²) in [6, 6.07) is 9.60. The molecule has 0 radical (unpaired) electrons. The van der Waals surface area contributed by atoms with E-state index in [1.165, 1.54) is 44.5 Å². The number of primary amides is 1. The van der Waals surface area contributed by atoms with Crippen molar-refractivity contribution in [1.82, 2.24) is 10.3 Å². The molecule has 0 aliphatic heterocycles. The number of pyridine rings is 1. The van der Waals surface area contributed by atoms with Crippen LogP contribution in [-0.2, 0) is 4.79 Å². The molecule has 1 aliphatic rings. The van der Waals surface area contributed by atoms with Crippen molar-refractivity contribution in [3.8, 4) is 11.3 Å². The van der Waals surface area contributed by atoms with Crippen LogP contribution in [0.3, 0.4) is 0 Å². The Kier molecular flexibility index (Phi) is 8.07. The lowest BCUT2D eigenvalue weighted by molar-refractivity contribution is -0.129. The quantitative estimate of drug-likeness (QED) is 0.750. The van der Waals surface area contributed by atoms with E-state index in [0.29, 0.717) is 22.9 Å².